The highest BCUT2D eigenvalue weighted by atomic mass is 16.5. The first kappa shape index (κ1) is 23.4. The summed E-state index contributed by atoms with van der Waals surface area (Å²) in [6, 6.07) is 0. The average molecular weight is 402 g/mol. The molecular weight excluding hydrogens is 362 g/mol. The molecule has 2 rings (SSSR count). The third-order valence-electron chi connectivity index (χ3n) is 5.07. The van der Waals surface area contributed by atoms with Crippen LogP contribution in [0, 0.1) is 0 Å². The van der Waals surface area contributed by atoms with Crippen molar-refractivity contribution in [3.8, 4) is 5.88 Å². The number of nitrogens with one attached hydrogen (secondary N) is 1. The first-order valence-corrected chi connectivity index (χ1v) is 11.5. The standard InChI is InChI=1S/C24H39N3O2/c1-3-5-7-9-11-13-17-29-24-20-25-22(19-27-24)21-14-15-23(26-18-21)28-16-12-10-8-6-4-2/h14-15,18-20,23,26H,3-13,16-17H2,1-2H3. The molecule has 29 heavy (non-hydrogen) atoms. The van der Waals surface area contributed by atoms with Crippen LogP contribution in [0.5, 0.6) is 5.88 Å². The number of nitrogens with zero attached hydrogens (tertiary/aromatic N) is 2. The van der Waals surface area contributed by atoms with Gasteiger partial charge in [-0.2, -0.15) is 0 Å². The summed E-state index contributed by atoms with van der Waals surface area (Å²) < 4.78 is 11.6. The molecule has 5 heteroatoms. The Morgan fingerprint density at radius 1 is 0.828 bits per heavy atom. The molecule has 2 heterocycles. The maximum absolute atomic E-state index is 5.85. The third kappa shape index (κ3) is 9.93. The van der Waals surface area contributed by atoms with Crippen LogP contribution in [0.4, 0.5) is 0 Å². The number of dihydropyridines is 1. The predicted octanol–water partition coefficient (Wildman–Crippen LogP) is 6.03. The van der Waals surface area contributed by atoms with Gasteiger partial charge in [0.25, 0.3) is 0 Å². The van der Waals surface area contributed by atoms with Gasteiger partial charge < -0.3 is 14.8 Å². The number of unbranched alkanes of at least 4 members (excludes halogenated alkanes) is 9. The van der Waals surface area contributed by atoms with Crippen LogP contribution in [-0.2, 0) is 4.74 Å². The minimum atomic E-state index is -0.0576. The third-order valence-corrected chi connectivity index (χ3v) is 5.07. The fraction of sp³-hybridized carbons (Fsp3) is 0.667. The lowest BCUT2D eigenvalue weighted by Crippen LogP contribution is -2.28. The van der Waals surface area contributed by atoms with E-state index in [9.17, 15) is 0 Å². The normalized spacial score (nSPS) is 15.8. The minimum Gasteiger partial charge on any atom is -0.477 e. The molecule has 0 amide bonds. The average Bonchev–Trinajstić information content (AvgIpc) is 2.76. The van der Waals surface area contributed by atoms with E-state index in [4.69, 9.17) is 9.47 Å². The highest BCUT2D eigenvalue weighted by Crippen LogP contribution is 2.17. The van der Waals surface area contributed by atoms with Crippen LogP contribution in [0.2, 0.25) is 0 Å². The Bertz CT molecular complexity index is 599. The molecule has 0 fully saturated rings. The summed E-state index contributed by atoms with van der Waals surface area (Å²) in [5.74, 6) is 0.597. The van der Waals surface area contributed by atoms with Crippen molar-refractivity contribution in [2.75, 3.05) is 13.2 Å². The Kier molecular flexibility index (Phi) is 12.1. The number of hydrogen-bond acceptors (Lipinski definition) is 5. The van der Waals surface area contributed by atoms with Gasteiger partial charge in [0.05, 0.1) is 24.7 Å². The van der Waals surface area contributed by atoms with Crippen molar-refractivity contribution in [2.24, 2.45) is 0 Å². The van der Waals surface area contributed by atoms with E-state index in [1.165, 1.54) is 57.8 Å². The van der Waals surface area contributed by atoms with Gasteiger partial charge in [0.1, 0.15) is 6.23 Å². The number of aromatic nitrogens is 2. The fourth-order valence-corrected chi connectivity index (χ4v) is 3.24. The van der Waals surface area contributed by atoms with E-state index in [2.05, 4.69) is 29.1 Å². The summed E-state index contributed by atoms with van der Waals surface area (Å²) in [7, 11) is 0. The second kappa shape index (κ2) is 15.0. The monoisotopic (exact) mass is 401 g/mol. The fourth-order valence-electron chi connectivity index (χ4n) is 3.24. The van der Waals surface area contributed by atoms with Gasteiger partial charge in [0.15, 0.2) is 0 Å². The van der Waals surface area contributed by atoms with Crippen molar-refractivity contribution in [1.82, 2.24) is 15.3 Å². The zero-order chi connectivity index (χ0) is 20.6. The van der Waals surface area contributed by atoms with Gasteiger partial charge in [-0.25, -0.2) is 9.97 Å². The first-order valence-electron chi connectivity index (χ1n) is 11.5. The van der Waals surface area contributed by atoms with Gasteiger partial charge in [-0.1, -0.05) is 77.7 Å². The molecule has 5 nitrogen and oxygen atoms in total. The SMILES string of the molecule is CCCCCCCCOc1cnc(C2=CNC(OCCCCCCC)C=C2)cn1. The van der Waals surface area contributed by atoms with Crippen LogP contribution < -0.4 is 10.1 Å². The Morgan fingerprint density at radius 2 is 1.52 bits per heavy atom. The van der Waals surface area contributed by atoms with E-state index in [1.807, 2.05) is 18.4 Å². The van der Waals surface area contributed by atoms with Crippen LogP contribution in [0.15, 0.2) is 30.7 Å². The predicted molar refractivity (Wildman–Crippen MR) is 120 cm³/mol. The van der Waals surface area contributed by atoms with Crippen LogP contribution >= 0.6 is 0 Å². The summed E-state index contributed by atoms with van der Waals surface area (Å²) in [6.45, 7) is 5.98. The zero-order valence-corrected chi connectivity index (χ0v) is 18.4. The lowest BCUT2D eigenvalue weighted by Gasteiger charge is -2.19. The summed E-state index contributed by atoms with van der Waals surface area (Å²) in [5.41, 5.74) is 1.83. The molecule has 0 saturated heterocycles. The molecule has 1 unspecified atom stereocenters. The maximum Gasteiger partial charge on any atom is 0.232 e. The second-order valence-electron chi connectivity index (χ2n) is 7.69. The van der Waals surface area contributed by atoms with Crippen LogP contribution in [-0.4, -0.2) is 29.4 Å². The van der Waals surface area contributed by atoms with E-state index in [0.29, 0.717) is 12.5 Å². The highest BCUT2D eigenvalue weighted by Gasteiger charge is 2.10. The largest absolute Gasteiger partial charge is 0.477 e. The molecule has 1 aliphatic rings. The van der Waals surface area contributed by atoms with Crippen molar-refractivity contribution in [3.05, 3.63) is 36.4 Å². The van der Waals surface area contributed by atoms with Gasteiger partial charge in [0.2, 0.25) is 5.88 Å². The van der Waals surface area contributed by atoms with Crippen LogP contribution in [0.3, 0.4) is 0 Å². The molecule has 1 aromatic rings. The number of allylic oxidation sites excluding steroid dienone is 2. The number of ether oxygens (including phenoxy) is 2. The lowest BCUT2D eigenvalue weighted by molar-refractivity contribution is 0.0682. The van der Waals surface area contributed by atoms with E-state index >= 15 is 0 Å². The van der Waals surface area contributed by atoms with E-state index in [0.717, 1.165) is 30.7 Å². The molecule has 0 bridgehead atoms. The van der Waals surface area contributed by atoms with E-state index < -0.39 is 0 Å². The molecule has 0 aromatic carbocycles. The molecule has 1 atom stereocenters. The molecule has 0 spiro atoms. The van der Waals surface area contributed by atoms with Gasteiger partial charge in [0, 0.05) is 18.4 Å². The van der Waals surface area contributed by atoms with Gasteiger partial charge in [-0.05, 0) is 18.9 Å². The van der Waals surface area contributed by atoms with E-state index in [-0.39, 0.29) is 6.23 Å². The smallest absolute Gasteiger partial charge is 0.232 e. The van der Waals surface area contributed by atoms with Gasteiger partial charge in [-0.3, -0.25) is 0 Å². The van der Waals surface area contributed by atoms with Crippen molar-refractivity contribution in [1.29, 1.82) is 0 Å². The van der Waals surface area contributed by atoms with Crippen molar-refractivity contribution < 1.29 is 9.47 Å². The van der Waals surface area contributed by atoms with Gasteiger partial charge in [-0.15, -0.1) is 0 Å². The molecule has 0 radical (unpaired) electrons. The number of rotatable bonds is 16. The van der Waals surface area contributed by atoms with Crippen LogP contribution in [0.25, 0.3) is 5.57 Å². The first-order chi connectivity index (χ1) is 14.3. The number of hydrogen-bond donors (Lipinski definition) is 1. The molecule has 0 aliphatic carbocycles. The summed E-state index contributed by atoms with van der Waals surface area (Å²) in [5, 5.41) is 3.28. The second-order valence-corrected chi connectivity index (χ2v) is 7.69. The lowest BCUT2D eigenvalue weighted by atomic mass is 10.1. The molecular formula is C24H39N3O2. The zero-order valence-electron chi connectivity index (χ0n) is 18.4. The summed E-state index contributed by atoms with van der Waals surface area (Å²) in [4.78, 5) is 8.87. The Hall–Kier alpha value is -1.88. The van der Waals surface area contributed by atoms with E-state index in [1.54, 1.807) is 12.4 Å². The van der Waals surface area contributed by atoms with Crippen molar-refractivity contribution in [2.45, 2.75) is 90.7 Å². The summed E-state index contributed by atoms with van der Waals surface area (Å²) >= 11 is 0. The molecule has 1 aromatic heterocycles. The molecule has 1 N–H and O–H groups in total. The Morgan fingerprint density at radius 3 is 2.14 bits per heavy atom. The minimum absolute atomic E-state index is 0.0576. The Balaban J connectivity index is 1.62. The topological polar surface area (TPSA) is 56.3 Å². The molecule has 1 aliphatic heterocycles. The van der Waals surface area contributed by atoms with Crippen molar-refractivity contribution in [3.63, 3.8) is 0 Å². The quantitative estimate of drug-likeness (QED) is 0.343. The Labute approximate surface area is 177 Å². The van der Waals surface area contributed by atoms with Gasteiger partial charge >= 0.3 is 0 Å². The molecule has 162 valence electrons. The van der Waals surface area contributed by atoms with Crippen molar-refractivity contribution >= 4 is 5.57 Å². The molecule has 0 saturated carbocycles. The van der Waals surface area contributed by atoms with Crippen LogP contribution in [0.1, 0.15) is 90.2 Å². The maximum atomic E-state index is 5.85. The summed E-state index contributed by atoms with van der Waals surface area (Å²) in [6.07, 6.45) is 23.2. The highest BCUT2D eigenvalue weighted by molar-refractivity contribution is 5.71.